The highest BCUT2D eigenvalue weighted by Gasteiger charge is 2.20. The molecular formula is C12H18N2O2. The van der Waals surface area contributed by atoms with Crippen LogP contribution in [-0.4, -0.2) is 17.1 Å². The molecule has 4 heteroatoms. The van der Waals surface area contributed by atoms with Crippen LogP contribution >= 0.6 is 0 Å². The number of nitrogens with one attached hydrogen (secondary N) is 1. The number of hydrogen-bond donors (Lipinski definition) is 1. The van der Waals surface area contributed by atoms with Crippen molar-refractivity contribution >= 4 is 0 Å². The van der Waals surface area contributed by atoms with E-state index < -0.39 is 0 Å². The van der Waals surface area contributed by atoms with Crippen molar-refractivity contribution in [2.75, 3.05) is 7.11 Å². The smallest absolute Gasteiger partial charge is 0.251 e. The predicted molar refractivity (Wildman–Crippen MR) is 61.5 cm³/mol. The summed E-state index contributed by atoms with van der Waals surface area (Å²) in [5, 5.41) is 0. The van der Waals surface area contributed by atoms with E-state index in [-0.39, 0.29) is 11.7 Å². The van der Waals surface area contributed by atoms with E-state index in [2.05, 4.69) is 9.97 Å². The Morgan fingerprint density at radius 3 is 2.81 bits per heavy atom. The van der Waals surface area contributed by atoms with Crippen LogP contribution in [0.25, 0.3) is 0 Å². The number of methoxy groups -OCH3 is 1. The lowest BCUT2D eigenvalue weighted by atomic mass is 10.0. The minimum absolute atomic E-state index is 0.0733. The maximum atomic E-state index is 11.5. The zero-order valence-corrected chi connectivity index (χ0v) is 9.82. The molecular weight excluding hydrogens is 204 g/mol. The van der Waals surface area contributed by atoms with Gasteiger partial charge in [0.1, 0.15) is 11.9 Å². The molecule has 1 saturated carbocycles. The molecule has 4 nitrogen and oxygen atoms in total. The van der Waals surface area contributed by atoms with Gasteiger partial charge in [-0.1, -0.05) is 12.8 Å². The Morgan fingerprint density at radius 1 is 1.50 bits per heavy atom. The molecule has 1 aliphatic rings. The van der Waals surface area contributed by atoms with E-state index in [0.29, 0.717) is 11.7 Å². The summed E-state index contributed by atoms with van der Waals surface area (Å²) in [5.41, 5.74) is 0.857. The molecule has 2 rings (SSSR count). The van der Waals surface area contributed by atoms with E-state index in [1.165, 1.54) is 12.8 Å². The molecule has 1 unspecified atom stereocenters. The Hall–Kier alpha value is -1.16. The molecule has 1 aromatic heterocycles. The van der Waals surface area contributed by atoms with E-state index in [1.807, 2.05) is 6.92 Å². The molecule has 0 aliphatic heterocycles. The summed E-state index contributed by atoms with van der Waals surface area (Å²) in [4.78, 5) is 18.8. The van der Waals surface area contributed by atoms with Gasteiger partial charge in [0.25, 0.3) is 5.56 Å². The van der Waals surface area contributed by atoms with E-state index in [9.17, 15) is 4.79 Å². The lowest BCUT2D eigenvalue weighted by molar-refractivity contribution is 0.111. The van der Waals surface area contributed by atoms with Crippen LogP contribution in [-0.2, 0) is 4.74 Å². The standard InChI is InChI=1S/C12H18N2O2/c1-8(16-2)12-13-10(7-11(15)14-12)9-5-3-4-6-9/h7-9H,3-6H2,1-2H3,(H,13,14,15). The fourth-order valence-electron chi connectivity index (χ4n) is 2.23. The zero-order chi connectivity index (χ0) is 11.5. The van der Waals surface area contributed by atoms with Crippen LogP contribution in [0, 0.1) is 0 Å². The van der Waals surface area contributed by atoms with Gasteiger partial charge < -0.3 is 9.72 Å². The van der Waals surface area contributed by atoms with Crippen molar-refractivity contribution < 1.29 is 4.74 Å². The summed E-state index contributed by atoms with van der Waals surface area (Å²) in [7, 11) is 1.62. The zero-order valence-electron chi connectivity index (χ0n) is 9.82. The first-order valence-electron chi connectivity index (χ1n) is 5.84. The molecule has 0 amide bonds. The fourth-order valence-corrected chi connectivity index (χ4v) is 2.23. The number of rotatable bonds is 3. The van der Waals surface area contributed by atoms with Crippen molar-refractivity contribution in [3.63, 3.8) is 0 Å². The third kappa shape index (κ3) is 2.32. The van der Waals surface area contributed by atoms with Crippen molar-refractivity contribution in [3.05, 3.63) is 27.9 Å². The molecule has 1 N–H and O–H groups in total. The molecule has 0 aromatic carbocycles. The first-order chi connectivity index (χ1) is 7.70. The highest BCUT2D eigenvalue weighted by molar-refractivity contribution is 5.11. The van der Waals surface area contributed by atoms with Crippen LogP contribution < -0.4 is 5.56 Å². The third-order valence-electron chi connectivity index (χ3n) is 3.29. The van der Waals surface area contributed by atoms with Gasteiger partial charge in [0.05, 0.1) is 5.69 Å². The molecule has 1 aliphatic carbocycles. The highest BCUT2D eigenvalue weighted by atomic mass is 16.5. The van der Waals surface area contributed by atoms with Crippen LogP contribution in [0.4, 0.5) is 0 Å². The summed E-state index contributed by atoms with van der Waals surface area (Å²) in [5.74, 6) is 1.10. The lowest BCUT2D eigenvalue weighted by Gasteiger charge is -2.12. The van der Waals surface area contributed by atoms with Gasteiger partial charge in [0, 0.05) is 19.1 Å². The second-order valence-electron chi connectivity index (χ2n) is 4.41. The first-order valence-corrected chi connectivity index (χ1v) is 5.84. The SMILES string of the molecule is COC(C)c1nc(C2CCCC2)cc(=O)[nH]1. The summed E-state index contributed by atoms with van der Waals surface area (Å²) in [6, 6.07) is 1.63. The Bertz CT molecular complexity index is 408. The first kappa shape index (κ1) is 11.3. The summed E-state index contributed by atoms with van der Waals surface area (Å²) < 4.78 is 5.18. The number of nitrogens with zero attached hydrogens (tertiary/aromatic N) is 1. The molecule has 0 radical (unpaired) electrons. The largest absolute Gasteiger partial charge is 0.374 e. The van der Waals surface area contributed by atoms with Crippen molar-refractivity contribution in [1.29, 1.82) is 0 Å². The maximum Gasteiger partial charge on any atom is 0.251 e. The molecule has 0 bridgehead atoms. The molecule has 88 valence electrons. The fraction of sp³-hybridized carbons (Fsp3) is 0.667. The minimum Gasteiger partial charge on any atom is -0.374 e. The number of ether oxygens (including phenoxy) is 1. The summed E-state index contributed by atoms with van der Waals surface area (Å²) in [6.07, 6.45) is 4.63. The average molecular weight is 222 g/mol. The summed E-state index contributed by atoms with van der Waals surface area (Å²) >= 11 is 0. The number of H-pyrrole nitrogens is 1. The molecule has 16 heavy (non-hydrogen) atoms. The number of aromatic amines is 1. The van der Waals surface area contributed by atoms with Gasteiger partial charge in [-0.3, -0.25) is 4.79 Å². The van der Waals surface area contributed by atoms with Gasteiger partial charge in [-0.15, -0.1) is 0 Å². The average Bonchev–Trinajstić information content (AvgIpc) is 2.80. The molecule has 0 spiro atoms. The van der Waals surface area contributed by atoms with Crippen LogP contribution in [0.3, 0.4) is 0 Å². The van der Waals surface area contributed by atoms with Gasteiger partial charge in [0.15, 0.2) is 0 Å². The van der Waals surface area contributed by atoms with E-state index in [0.717, 1.165) is 18.5 Å². The summed E-state index contributed by atoms with van der Waals surface area (Å²) in [6.45, 7) is 1.89. The predicted octanol–water partition coefficient (Wildman–Crippen LogP) is 2.13. The van der Waals surface area contributed by atoms with Crippen molar-refractivity contribution in [3.8, 4) is 0 Å². The van der Waals surface area contributed by atoms with Crippen LogP contribution in [0.15, 0.2) is 10.9 Å². The second kappa shape index (κ2) is 4.78. The lowest BCUT2D eigenvalue weighted by Crippen LogP contribution is -2.16. The van der Waals surface area contributed by atoms with E-state index in [4.69, 9.17) is 4.74 Å². The molecule has 1 atom stereocenters. The van der Waals surface area contributed by atoms with Crippen LogP contribution in [0.5, 0.6) is 0 Å². The van der Waals surface area contributed by atoms with Gasteiger partial charge in [-0.2, -0.15) is 0 Å². The van der Waals surface area contributed by atoms with E-state index in [1.54, 1.807) is 13.2 Å². The van der Waals surface area contributed by atoms with Gasteiger partial charge >= 0.3 is 0 Å². The molecule has 1 aromatic rings. The van der Waals surface area contributed by atoms with Crippen molar-refractivity contribution in [1.82, 2.24) is 9.97 Å². The van der Waals surface area contributed by atoms with Crippen molar-refractivity contribution in [2.45, 2.75) is 44.6 Å². The van der Waals surface area contributed by atoms with Gasteiger partial charge in [0.2, 0.25) is 0 Å². The van der Waals surface area contributed by atoms with Gasteiger partial charge in [-0.25, -0.2) is 4.98 Å². The van der Waals surface area contributed by atoms with Crippen molar-refractivity contribution in [2.24, 2.45) is 0 Å². The minimum atomic E-state index is -0.158. The Morgan fingerprint density at radius 2 is 2.19 bits per heavy atom. The molecule has 1 fully saturated rings. The Labute approximate surface area is 95.1 Å². The van der Waals surface area contributed by atoms with Crippen LogP contribution in [0.1, 0.15) is 56.1 Å². The number of aromatic nitrogens is 2. The second-order valence-corrected chi connectivity index (χ2v) is 4.41. The monoisotopic (exact) mass is 222 g/mol. The maximum absolute atomic E-state index is 11.5. The number of hydrogen-bond acceptors (Lipinski definition) is 3. The van der Waals surface area contributed by atoms with E-state index >= 15 is 0 Å². The Kier molecular flexibility index (Phi) is 3.39. The Balaban J connectivity index is 2.31. The van der Waals surface area contributed by atoms with Gasteiger partial charge in [-0.05, 0) is 19.8 Å². The molecule has 1 heterocycles. The topological polar surface area (TPSA) is 55.0 Å². The molecule has 0 saturated heterocycles. The normalized spacial score (nSPS) is 18.9. The third-order valence-corrected chi connectivity index (χ3v) is 3.29. The quantitative estimate of drug-likeness (QED) is 0.852. The highest BCUT2D eigenvalue weighted by Crippen LogP contribution is 2.32. The van der Waals surface area contributed by atoms with Crippen LogP contribution in [0.2, 0.25) is 0 Å².